The number of benzene rings is 2. The molecule has 2 aromatic carbocycles. The lowest BCUT2D eigenvalue weighted by Crippen LogP contribution is -2.29. The SMILES string of the molecule is Cc1ccn2nc([C@H](C)Nc3ncnc4c3c(-c3cc(N[SH](=O)=O)cc5[nH]ccc35)cn4COCC[Si](C)(C)C)n(-c3ccccc3)c(=O)c12. The van der Waals surface area contributed by atoms with E-state index in [1.165, 1.54) is 6.33 Å². The number of hydrogen-bond acceptors (Lipinski definition) is 8. The molecule has 0 fully saturated rings. The van der Waals surface area contributed by atoms with Crippen molar-refractivity contribution in [3.05, 3.63) is 101 Å². The predicted octanol–water partition coefficient (Wildman–Crippen LogP) is 6.11. The zero-order valence-corrected chi connectivity index (χ0v) is 30.4. The summed E-state index contributed by atoms with van der Waals surface area (Å²) in [5.41, 5.74) is 5.25. The minimum absolute atomic E-state index is 0.177. The van der Waals surface area contributed by atoms with E-state index in [1.54, 1.807) is 21.3 Å². The third-order valence-corrected chi connectivity index (χ3v) is 10.9. The summed E-state index contributed by atoms with van der Waals surface area (Å²) in [6.07, 6.45) is 7.08. The summed E-state index contributed by atoms with van der Waals surface area (Å²) < 4.78 is 37.3. The zero-order chi connectivity index (χ0) is 35.2. The second-order valence-corrected chi connectivity index (χ2v) is 20.0. The molecule has 0 unspecified atom stereocenters. The van der Waals surface area contributed by atoms with Crippen molar-refractivity contribution < 1.29 is 13.2 Å². The molecule has 0 saturated carbocycles. The summed E-state index contributed by atoms with van der Waals surface area (Å²) in [4.78, 5) is 26.7. The summed E-state index contributed by atoms with van der Waals surface area (Å²) in [6, 6.07) is 17.4. The lowest BCUT2D eigenvalue weighted by molar-refractivity contribution is 0.0899. The summed E-state index contributed by atoms with van der Waals surface area (Å²) in [6.45, 7) is 11.7. The molecule has 7 rings (SSSR count). The first-order chi connectivity index (χ1) is 24.0. The van der Waals surface area contributed by atoms with Crippen LogP contribution in [0, 0.1) is 6.92 Å². The highest BCUT2D eigenvalue weighted by molar-refractivity contribution is 7.73. The normalized spacial score (nSPS) is 12.8. The molecule has 3 N–H and O–H groups in total. The van der Waals surface area contributed by atoms with E-state index in [9.17, 15) is 13.2 Å². The number of aromatic amines is 1. The number of hydrogen-bond donors (Lipinski definition) is 4. The first-order valence-electron chi connectivity index (χ1n) is 16.4. The van der Waals surface area contributed by atoms with Crippen molar-refractivity contribution in [3.8, 4) is 16.8 Å². The molecule has 0 aliphatic heterocycles. The van der Waals surface area contributed by atoms with Gasteiger partial charge in [0, 0.05) is 49.7 Å². The fourth-order valence-corrected chi connectivity index (χ4v) is 7.34. The number of para-hydroxylation sites is 1. The maximum atomic E-state index is 14.0. The third kappa shape index (κ3) is 6.42. The standard InChI is InChI=1S/C35H39N9O4SSi/c1-22-12-14-43-31(22)35(45)44(25-9-7-6-8-10-25)33(40-43)23(2)39-32-30-28(27-17-24(41-49(46)47)18-29-26(27)11-13-36-29)19-42(34(30)38-20-37-32)21-48-15-16-50(3,4)5/h6-14,17-20,23,36,49H,15-16,21H2,1-5H3,(H,37,38,39)(H,41,46,47)/t23-/m0/s1. The number of nitrogens with one attached hydrogen (secondary N) is 3. The van der Waals surface area contributed by atoms with E-state index in [1.807, 2.05) is 79.3 Å². The molecule has 0 radical (unpaired) electrons. The van der Waals surface area contributed by atoms with Crippen LogP contribution in [0.3, 0.4) is 0 Å². The van der Waals surface area contributed by atoms with Crippen molar-refractivity contribution >= 4 is 57.9 Å². The second kappa shape index (κ2) is 13.2. The molecule has 0 aliphatic rings. The smallest absolute Gasteiger partial charge is 0.282 e. The lowest BCUT2D eigenvalue weighted by atomic mass is 10.0. The Bertz CT molecular complexity index is 2490. The van der Waals surface area contributed by atoms with Crippen molar-refractivity contribution in [3.63, 3.8) is 0 Å². The minimum Gasteiger partial charge on any atom is -0.361 e. The first-order valence-corrected chi connectivity index (χ1v) is 21.2. The van der Waals surface area contributed by atoms with Crippen LogP contribution >= 0.6 is 0 Å². The largest absolute Gasteiger partial charge is 0.361 e. The van der Waals surface area contributed by atoms with Gasteiger partial charge < -0.3 is 19.6 Å². The van der Waals surface area contributed by atoms with Crippen molar-refractivity contribution in [2.24, 2.45) is 0 Å². The molecule has 1 atom stereocenters. The summed E-state index contributed by atoms with van der Waals surface area (Å²) >= 11 is 0. The van der Waals surface area contributed by atoms with Gasteiger partial charge in [-0.1, -0.05) is 37.8 Å². The molecule has 0 aliphatic carbocycles. The second-order valence-electron chi connectivity index (χ2n) is 13.6. The van der Waals surface area contributed by atoms with Crippen LogP contribution in [0.5, 0.6) is 0 Å². The Hall–Kier alpha value is -5.25. The van der Waals surface area contributed by atoms with Gasteiger partial charge in [0.2, 0.25) is 10.9 Å². The lowest BCUT2D eigenvalue weighted by Gasteiger charge is -2.20. The Morgan fingerprint density at radius 2 is 1.84 bits per heavy atom. The molecule has 13 nitrogen and oxygen atoms in total. The Balaban J connectivity index is 1.38. The van der Waals surface area contributed by atoms with Crippen LogP contribution in [0.15, 0.2) is 84.3 Å². The van der Waals surface area contributed by atoms with Gasteiger partial charge in [-0.3, -0.25) is 14.1 Å². The number of anilines is 2. The van der Waals surface area contributed by atoms with Gasteiger partial charge in [-0.05, 0) is 67.4 Å². The maximum Gasteiger partial charge on any atom is 0.282 e. The van der Waals surface area contributed by atoms with Gasteiger partial charge in [-0.15, -0.1) is 0 Å². The average Bonchev–Trinajstić information content (AvgIpc) is 3.80. The van der Waals surface area contributed by atoms with Gasteiger partial charge in [0.15, 0.2) is 5.82 Å². The van der Waals surface area contributed by atoms with Crippen LogP contribution in [0.25, 0.3) is 44.3 Å². The molecular formula is C35H39N9O4SSi. The summed E-state index contributed by atoms with van der Waals surface area (Å²) in [7, 11) is -4.20. The van der Waals surface area contributed by atoms with Crippen molar-refractivity contribution in [2.75, 3.05) is 16.6 Å². The number of ether oxygens (including phenoxy) is 1. The molecule has 0 bridgehead atoms. The van der Waals surface area contributed by atoms with Crippen LogP contribution < -0.4 is 15.6 Å². The number of aromatic nitrogens is 7. The topological polar surface area (TPSA) is 153 Å². The van der Waals surface area contributed by atoms with Crippen molar-refractivity contribution in [1.29, 1.82) is 0 Å². The van der Waals surface area contributed by atoms with Crippen molar-refractivity contribution in [1.82, 2.24) is 33.7 Å². The number of aryl methyl sites for hydroxylation is 1. The highest BCUT2D eigenvalue weighted by atomic mass is 32.2. The van der Waals surface area contributed by atoms with Crippen LogP contribution in [0.1, 0.15) is 24.4 Å². The van der Waals surface area contributed by atoms with E-state index in [2.05, 4.69) is 34.7 Å². The number of rotatable bonds is 12. The summed E-state index contributed by atoms with van der Waals surface area (Å²) in [5.74, 6) is 1.01. The van der Waals surface area contributed by atoms with Crippen LogP contribution in [-0.4, -0.2) is 56.8 Å². The van der Waals surface area contributed by atoms with Gasteiger partial charge in [0.1, 0.15) is 30.0 Å². The Morgan fingerprint density at radius 3 is 2.60 bits per heavy atom. The minimum atomic E-state index is -2.89. The molecule has 0 amide bonds. The van der Waals surface area contributed by atoms with E-state index in [0.29, 0.717) is 46.2 Å². The molecule has 5 aromatic heterocycles. The van der Waals surface area contributed by atoms with Gasteiger partial charge in [0.25, 0.3) is 5.56 Å². The monoisotopic (exact) mass is 709 g/mol. The Kier molecular flexibility index (Phi) is 8.80. The molecular weight excluding hydrogens is 671 g/mol. The molecule has 7 aromatic rings. The van der Waals surface area contributed by atoms with Crippen molar-refractivity contribution in [2.45, 2.75) is 52.3 Å². The zero-order valence-electron chi connectivity index (χ0n) is 28.5. The van der Waals surface area contributed by atoms with Gasteiger partial charge >= 0.3 is 0 Å². The van der Waals surface area contributed by atoms with Crippen LogP contribution in [0.4, 0.5) is 11.5 Å². The Labute approximate surface area is 291 Å². The number of fused-ring (bicyclic) bond motifs is 3. The average molecular weight is 710 g/mol. The molecule has 0 spiro atoms. The highest BCUT2D eigenvalue weighted by Crippen LogP contribution is 2.40. The first kappa shape index (κ1) is 33.3. The fraction of sp³-hybridized carbons (Fsp3) is 0.257. The van der Waals surface area contributed by atoms with E-state index < -0.39 is 25.0 Å². The molecule has 50 heavy (non-hydrogen) atoms. The van der Waals surface area contributed by atoms with Crippen LogP contribution in [-0.2, 0) is 22.4 Å². The quantitative estimate of drug-likeness (QED) is 0.0674. The number of nitrogens with zero attached hydrogens (tertiary/aromatic N) is 6. The molecule has 0 saturated heterocycles. The van der Waals surface area contributed by atoms with Gasteiger partial charge in [-0.2, -0.15) is 5.10 Å². The van der Waals surface area contributed by atoms with Gasteiger partial charge in [0.05, 0.1) is 22.8 Å². The van der Waals surface area contributed by atoms with E-state index in [0.717, 1.165) is 33.6 Å². The van der Waals surface area contributed by atoms with E-state index >= 15 is 0 Å². The molecule has 258 valence electrons. The summed E-state index contributed by atoms with van der Waals surface area (Å²) in [5, 5.41) is 10.1. The van der Waals surface area contributed by atoms with Gasteiger partial charge in [-0.25, -0.2) is 22.9 Å². The highest BCUT2D eigenvalue weighted by Gasteiger charge is 2.24. The van der Waals surface area contributed by atoms with E-state index in [-0.39, 0.29) is 12.3 Å². The maximum absolute atomic E-state index is 14.0. The third-order valence-electron chi connectivity index (χ3n) is 8.73. The Morgan fingerprint density at radius 1 is 1.04 bits per heavy atom. The predicted molar refractivity (Wildman–Crippen MR) is 200 cm³/mol. The number of H-pyrrole nitrogens is 1. The molecule has 15 heteroatoms. The number of thiol groups is 1. The van der Waals surface area contributed by atoms with Crippen LogP contribution in [0.2, 0.25) is 25.7 Å². The fourth-order valence-electron chi connectivity index (χ4n) is 6.24. The van der Waals surface area contributed by atoms with E-state index in [4.69, 9.17) is 19.8 Å². The molecule has 5 heterocycles.